The molecule has 12 heteroatoms. The van der Waals surface area contributed by atoms with Gasteiger partial charge in [0.1, 0.15) is 0 Å². The average Bonchev–Trinajstić information content (AvgIpc) is 3.32. The van der Waals surface area contributed by atoms with Crippen molar-refractivity contribution in [1.29, 1.82) is 0 Å². The van der Waals surface area contributed by atoms with Gasteiger partial charge >= 0.3 is 0 Å². The maximum absolute atomic E-state index is 13.6. The summed E-state index contributed by atoms with van der Waals surface area (Å²) in [6, 6.07) is 4.53. The Morgan fingerprint density at radius 2 is 1.60 bits per heavy atom. The van der Waals surface area contributed by atoms with Crippen LogP contribution in [0.5, 0.6) is 0 Å². The van der Waals surface area contributed by atoms with Crippen LogP contribution in [0.2, 0.25) is 0 Å². The van der Waals surface area contributed by atoms with E-state index in [1.165, 1.54) is 28.6 Å². The number of carbonyl (C=O) groups excluding carboxylic acids is 2. The minimum Gasteiger partial charge on any atom is -0.339 e. The number of nitrogens with zero attached hydrogens (tertiary/aromatic N) is 3. The third-order valence-corrected chi connectivity index (χ3v) is 10.4. The van der Waals surface area contributed by atoms with E-state index in [2.05, 4.69) is 6.92 Å². The van der Waals surface area contributed by atoms with Gasteiger partial charge in [0.05, 0.1) is 29.2 Å². The summed E-state index contributed by atoms with van der Waals surface area (Å²) in [5, 5.41) is 0. The van der Waals surface area contributed by atoms with E-state index >= 15 is 0 Å². The maximum atomic E-state index is 13.6. The first-order valence-corrected chi connectivity index (χ1v) is 15.2. The summed E-state index contributed by atoms with van der Waals surface area (Å²) in [6.07, 6.45) is 4.23. The van der Waals surface area contributed by atoms with E-state index in [1.807, 2.05) is 6.92 Å². The Morgan fingerprint density at radius 3 is 2.14 bits per heavy atom. The van der Waals surface area contributed by atoms with Gasteiger partial charge in [-0.2, -0.15) is 4.31 Å². The van der Waals surface area contributed by atoms with Crippen LogP contribution in [0.25, 0.3) is 0 Å². The first-order valence-electron chi connectivity index (χ1n) is 11.9. The molecule has 196 valence electrons. The lowest BCUT2D eigenvalue weighted by Crippen LogP contribution is -2.43. The summed E-state index contributed by atoms with van der Waals surface area (Å²) in [6.45, 7) is 5.59. The molecule has 3 heterocycles. The van der Waals surface area contributed by atoms with Crippen molar-refractivity contribution in [2.45, 2.75) is 62.9 Å². The average molecular weight is 548 g/mol. The highest BCUT2D eigenvalue weighted by atomic mass is 35.5. The Kier molecular flexibility index (Phi) is 8.25. The van der Waals surface area contributed by atoms with Gasteiger partial charge in [-0.25, -0.2) is 21.1 Å². The topological polar surface area (TPSA) is 112 Å². The monoisotopic (exact) mass is 547 g/mol. The van der Waals surface area contributed by atoms with E-state index in [0.29, 0.717) is 37.4 Å². The molecule has 3 atom stereocenters. The number of likely N-dealkylation sites (tertiary alicyclic amines) is 1. The van der Waals surface area contributed by atoms with Gasteiger partial charge in [0.15, 0.2) is 0 Å². The first kappa shape index (κ1) is 27.9. The summed E-state index contributed by atoms with van der Waals surface area (Å²) in [5.41, 5.74) is 0.441. The number of rotatable bonds is 6. The lowest BCUT2D eigenvalue weighted by atomic mass is 9.95. The lowest BCUT2D eigenvalue weighted by Gasteiger charge is -2.30. The van der Waals surface area contributed by atoms with E-state index in [0.717, 1.165) is 23.4 Å². The van der Waals surface area contributed by atoms with Crippen LogP contribution in [0.15, 0.2) is 29.2 Å². The van der Waals surface area contributed by atoms with Crippen molar-refractivity contribution in [2.24, 2.45) is 11.8 Å². The summed E-state index contributed by atoms with van der Waals surface area (Å²) in [5.74, 6) is -0.718. The third-order valence-electron chi connectivity index (χ3n) is 7.36. The molecular formula is C23H34ClN3O6S2. The highest BCUT2D eigenvalue weighted by Crippen LogP contribution is 2.42. The number of fused-ring (bicyclic) bond motifs is 1. The number of hydrogen-bond donors (Lipinski definition) is 0. The minimum absolute atomic E-state index is 0. The Balaban J connectivity index is 0.00000342. The second-order valence-electron chi connectivity index (χ2n) is 9.75. The largest absolute Gasteiger partial charge is 0.339 e. The maximum Gasteiger partial charge on any atom is 0.253 e. The second kappa shape index (κ2) is 10.4. The lowest BCUT2D eigenvalue weighted by molar-refractivity contribution is -0.128. The van der Waals surface area contributed by atoms with Crippen molar-refractivity contribution in [3.8, 4) is 0 Å². The van der Waals surface area contributed by atoms with Gasteiger partial charge in [0.2, 0.25) is 26.0 Å². The minimum atomic E-state index is -3.98. The molecular weight excluding hydrogens is 514 g/mol. The predicted octanol–water partition coefficient (Wildman–Crippen LogP) is 2.33. The number of carbonyl (C=O) groups is 2. The fourth-order valence-corrected chi connectivity index (χ4v) is 8.45. The molecule has 4 rings (SSSR count). The van der Waals surface area contributed by atoms with Crippen LogP contribution < -0.4 is 0 Å². The molecule has 0 spiro atoms. The Labute approximate surface area is 214 Å². The van der Waals surface area contributed by atoms with Crippen molar-refractivity contribution in [1.82, 2.24) is 13.5 Å². The van der Waals surface area contributed by atoms with Gasteiger partial charge in [-0.3, -0.25) is 9.59 Å². The summed E-state index contributed by atoms with van der Waals surface area (Å²) in [4.78, 5) is 27.6. The zero-order valence-corrected chi connectivity index (χ0v) is 22.7. The molecule has 0 radical (unpaired) electrons. The molecule has 35 heavy (non-hydrogen) atoms. The molecule has 3 fully saturated rings. The van der Waals surface area contributed by atoms with Crippen molar-refractivity contribution in [2.75, 3.05) is 25.9 Å². The molecule has 0 unspecified atom stereocenters. The van der Waals surface area contributed by atoms with E-state index in [9.17, 15) is 26.4 Å². The standard InChI is InChI=1S/C23H33N3O6S2.ClH/c1-4-5-19-21-20(26(23(19)28)33(3,29)30)12-15-25(21)34(31,32)18-8-6-17(7-9-18)22(27)24-13-10-16(2)11-14-24;/h6-9,16,19-21H,4-5,10-15H2,1-3H3;1H/t19-,20+,21-;/m1./s1. The quantitative estimate of drug-likeness (QED) is 0.540. The van der Waals surface area contributed by atoms with Crippen molar-refractivity contribution in [3.63, 3.8) is 0 Å². The molecule has 0 saturated carbocycles. The van der Waals surface area contributed by atoms with Crippen LogP contribution in [0.1, 0.15) is 56.3 Å². The Morgan fingerprint density at radius 1 is 1.00 bits per heavy atom. The molecule has 9 nitrogen and oxygen atoms in total. The van der Waals surface area contributed by atoms with E-state index in [-0.39, 0.29) is 36.2 Å². The van der Waals surface area contributed by atoms with Gasteiger partial charge in [-0.05, 0) is 55.9 Å². The van der Waals surface area contributed by atoms with Gasteiger partial charge in [-0.1, -0.05) is 20.3 Å². The highest BCUT2D eigenvalue weighted by molar-refractivity contribution is 7.89. The predicted molar refractivity (Wildman–Crippen MR) is 134 cm³/mol. The molecule has 2 amide bonds. The molecule has 1 aromatic rings. The highest BCUT2D eigenvalue weighted by Gasteiger charge is 2.58. The number of piperidine rings is 1. The number of benzene rings is 1. The van der Waals surface area contributed by atoms with Gasteiger partial charge in [0, 0.05) is 25.2 Å². The van der Waals surface area contributed by atoms with Gasteiger partial charge in [0.25, 0.3) is 5.91 Å². The fourth-order valence-electron chi connectivity index (χ4n) is 5.56. The van der Waals surface area contributed by atoms with E-state index in [1.54, 1.807) is 4.90 Å². The molecule has 0 bridgehead atoms. The fraction of sp³-hybridized carbons (Fsp3) is 0.652. The van der Waals surface area contributed by atoms with Crippen LogP contribution in [0.4, 0.5) is 0 Å². The van der Waals surface area contributed by atoms with Crippen molar-refractivity contribution in [3.05, 3.63) is 29.8 Å². The van der Waals surface area contributed by atoms with Gasteiger partial charge in [-0.15, -0.1) is 12.4 Å². The van der Waals surface area contributed by atoms with Crippen molar-refractivity contribution >= 4 is 44.3 Å². The number of amides is 2. The second-order valence-corrected chi connectivity index (χ2v) is 13.5. The zero-order valence-electron chi connectivity index (χ0n) is 20.3. The van der Waals surface area contributed by atoms with Crippen LogP contribution in [0, 0.1) is 11.8 Å². The van der Waals surface area contributed by atoms with Crippen LogP contribution in [-0.4, -0.2) is 80.1 Å². The third kappa shape index (κ3) is 5.10. The summed E-state index contributed by atoms with van der Waals surface area (Å²) < 4.78 is 53.9. The van der Waals surface area contributed by atoms with Crippen LogP contribution >= 0.6 is 12.4 Å². The molecule has 3 saturated heterocycles. The number of hydrogen-bond acceptors (Lipinski definition) is 6. The normalized spacial score (nSPS) is 26.0. The number of sulfonamides is 2. The van der Waals surface area contributed by atoms with Gasteiger partial charge < -0.3 is 4.90 Å². The molecule has 0 aliphatic carbocycles. The van der Waals surface area contributed by atoms with Crippen LogP contribution in [-0.2, 0) is 24.8 Å². The zero-order chi connectivity index (χ0) is 24.8. The molecule has 0 aromatic heterocycles. The van der Waals surface area contributed by atoms with E-state index < -0.39 is 44.0 Å². The summed E-state index contributed by atoms with van der Waals surface area (Å²) in [7, 11) is -7.78. The Hall–Kier alpha value is -1.69. The Bertz CT molecular complexity index is 1160. The molecule has 3 aliphatic heterocycles. The summed E-state index contributed by atoms with van der Waals surface area (Å²) >= 11 is 0. The van der Waals surface area contributed by atoms with E-state index in [4.69, 9.17) is 0 Å². The molecule has 3 aliphatic rings. The van der Waals surface area contributed by atoms with Crippen molar-refractivity contribution < 1.29 is 26.4 Å². The van der Waals surface area contributed by atoms with Crippen LogP contribution in [0.3, 0.4) is 0 Å². The molecule has 0 N–H and O–H groups in total. The smallest absolute Gasteiger partial charge is 0.253 e. The first-order chi connectivity index (χ1) is 16.0. The molecule has 1 aromatic carbocycles. The number of halogens is 1. The SMILES string of the molecule is CCC[C@H]1C(=O)N(S(C)(=O)=O)[C@H]2CCN(S(=O)(=O)c3ccc(C(=O)N4CCC(C)CC4)cc3)[C@H]12.Cl.